The molecule has 108 valence electrons. The molecule has 2 amide bonds. The second-order valence-corrected chi connectivity index (χ2v) is 3.88. The van der Waals surface area contributed by atoms with Gasteiger partial charge in [-0.05, 0) is 6.07 Å². The molecule has 0 fully saturated rings. The number of hydrazone groups is 1. The van der Waals surface area contributed by atoms with E-state index in [1.54, 1.807) is 0 Å². The topological polar surface area (TPSA) is 123 Å². The predicted molar refractivity (Wildman–Crippen MR) is 71.4 cm³/mol. The van der Waals surface area contributed by atoms with Gasteiger partial charge in [-0.2, -0.15) is 5.10 Å². The molecule has 1 rings (SSSR count). The van der Waals surface area contributed by atoms with E-state index in [2.05, 4.69) is 5.10 Å². The molecule has 0 aromatic heterocycles. The molecule has 0 heterocycles. The number of rotatable bonds is 6. The highest BCUT2D eigenvalue weighted by Crippen LogP contribution is 2.33. The van der Waals surface area contributed by atoms with Crippen LogP contribution in [0.15, 0.2) is 17.2 Å². The van der Waals surface area contributed by atoms with Gasteiger partial charge in [0.05, 0.1) is 13.3 Å². The van der Waals surface area contributed by atoms with E-state index in [9.17, 15) is 9.59 Å². The number of nitrogens with one attached hydrogen (secondary N) is 1. The lowest BCUT2D eigenvalue weighted by atomic mass is 10.2. The third-order valence-corrected chi connectivity index (χ3v) is 2.20. The quantitative estimate of drug-likeness (QED) is 0.530. The summed E-state index contributed by atoms with van der Waals surface area (Å²) in [6, 6.07) is 2.08. The minimum absolute atomic E-state index is 0.134. The van der Waals surface area contributed by atoms with E-state index in [1.807, 2.05) is 5.43 Å². The molecule has 20 heavy (non-hydrogen) atoms. The number of nitrogens with zero attached hydrogens (tertiary/aromatic N) is 1. The fourth-order valence-corrected chi connectivity index (χ4v) is 1.51. The maximum Gasteiger partial charge on any atom is 0.341 e. The zero-order chi connectivity index (χ0) is 15.1. The molecule has 0 saturated carbocycles. The maximum atomic E-state index is 10.6. The number of hydrogen-bond donors (Lipinski definition) is 3. The highest BCUT2D eigenvalue weighted by Gasteiger charge is 2.13. The number of carbonyl (C=O) groups excluding carboxylic acids is 1. The SMILES string of the molecule is COc1cc(Cl)cc(C=NNC(N)=O)c1OCC(=O)O. The van der Waals surface area contributed by atoms with Crippen LogP contribution in [-0.2, 0) is 4.79 Å². The summed E-state index contributed by atoms with van der Waals surface area (Å²) < 4.78 is 10.2. The monoisotopic (exact) mass is 301 g/mol. The number of carbonyl (C=O) groups is 2. The Labute approximate surface area is 119 Å². The van der Waals surface area contributed by atoms with E-state index in [1.165, 1.54) is 25.5 Å². The lowest BCUT2D eigenvalue weighted by molar-refractivity contribution is -0.139. The van der Waals surface area contributed by atoms with E-state index in [0.717, 1.165) is 0 Å². The fourth-order valence-electron chi connectivity index (χ4n) is 1.29. The van der Waals surface area contributed by atoms with Crippen molar-refractivity contribution in [1.29, 1.82) is 0 Å². The summed E-state index contributed by atoms with van der Waals surface area (Å²) in [6.07, 6.45) is 1.20. The average Bonchev–Trinajstić information content (AvgIpc) is 2.36. The molecular formula is C11H12ClN3O5. The van der Waals surface area contributed by atoms with Crippen molar-refractivity contribution < 1.29 is 24.2 Å². The van der Waals surface area contributed by atoms with Gasteiger partial charge in [0.25, 0.3) is 0 Å². The minimum atomic E-state index is -1.15. The molecule has 0 saturated heterocycles. The van der Waals surface area contributed by atoms with Gasteiger partial charge in [0.2, 0.25) is 0 Å². The molecule has 0 unspecified atom stereocenters. The summed E-state index contributed by atoms with van der Waals surface area (Å²) in [5, 5.41) is 12.5. The number of aliphatic carboxylic acids is 1. The number of primary amides is 1. The third kappa shape index (κ3) is 4.65. The summed E-state index contributed by atoms with van der Waals surface area (Å²) in [4.78, 5) is 21.1. The number of carboxylic acids is 1. The van der Waals surface area contributed by atoms with Crippen LogP contribution < -0.4 is 20.6 Å². The van der Waals surface area contributed by atoms with Crippen LogP contribution in [-0.4, -0.2) is 37.0 Å². The van der Waals surface area contributed by atoms with Gasteiger partial charge in [-0.15, -0.1) is 0 Å². The minimum Gasteiger partial charge on any atom is -0.493 e. The Bertz CT molecular complexity index is 547. The zero-order valence-corrected chi connectivity index (χ0v) is 11.2. The average molecular weight is 302 g/mol. The Morgan fingerprint density at radius 1 is 1.55 bits per heavy atom. The van der Waals surface area contributed by atoms with E-state index in [4.69, 9.17) is 31.9 Å². The first-order chi connectivity index (χ1) is 9.43. The first-order valence-electron chi connectivity index (χ1n) is 5.24. The van der Waals surface area contributed by atoms with Gasteiger partial charge in [-0.1, -0.05) is 11.6 Å². The second kappa shape index (κ2) is 7.19. The van der Waals surface area contributed by atoms with Crippen molar-refractivity contribution in [1.82, 2.24) is 5.43 Å². The molecule has 0 radical (unpaired) electrons. The van der Waals surface area contributed by atoms with E-state index < -0.39 is 18.6 Å². The molecule has 0 spiro atoms. The van der Waals surface area contributed by atoms with Gasteiger partial charge < -0.3 is 20.3 Å². The first kappa shape index (κ1) is 15.6. The molecule has 0 bridgehead atoms. The van der Waals surface area contributed by atoms with Crippen molar-refractivity contribution in [2.45, 2.75) is 0 Å². The molecule has 0 aliphatic heterocycles. The highest BCUT2D eigenvalue weighted by molar-refractivity contribution is 6.31. The number of urea groups is 1. The van der Waals surface area contributed by atoms with Gasteiger partial charge >= 0.3 is 12.0 Å². The molecule has 9 heteroatoms. The van der Waals surface area contributed by atoms with Crippen molar-refractivity contribution in [3.8, 4) is 11.5 Å². The Hall–Kier alpha value is -2.48. The third-order valence-electron chi connectivity index (χ3n) is 1.99. The number of hydrogen-bond acceptors (Lipinski definition) is 5. The van der Waals surface area contributed by atoms with Crippen LogP contribution in [0.25, 0.3) is 0 Å². The number of nitrogens with two attached hydrogens (primary N) is 1. The summed E-state index contributed by atoms with van der Waals surface area (Å²) in [7, 11) is 1.38. The summed E-state index contributed by atoms with van der Waals surface area (Å²) in [5.41, 5.74) is 7.17. The zero-order valence-electron chi connectivity index (χ0n) is 10.4. The maximum absolute atomic E-state index is 10.6. The van der Waals surface area contributed by atoms with Gasteiger partial charge in [0.15, 0.2) is 18.1 Å². The van der Waals surface area contributed by atoms with Gasteiger partial charge in [-0.25, -0.2) is 15.0 Å². The molecule has 0 atom stereocenters. The highest BCUT2D eigenvalue weighted by atomic mass is 35.5. The normalized spacial score (nSPS) is 10.3. The van der Waals surface area contributed by atoms with Crippen molar-refractivity contribution in [3.63, 3.8) is 0 Å². The van der Waals surface area contributed by atoms with Crippen molar-refractivity contribution in [3.05, 3.63) is 22.7 Å². The predicted octanol–water partition coefficient (Wildman–Crippen LogP) is 0.814. The fraction of sp³-hybridized carbons (Fsp3) is 0.182. The van der Waals surface area contributed by atoms with Crippen LogP contribution >= 0.6 is 11.6 Å². The van der Waals surface area contributed by atoms with Crippen LogP contribution in [0.5, 0.6) is 11.5 Å². The molecule has 1 aromatic carbocycles. The van der Waals surface area contributed by atoms with Crippen LogP contribution in [0.3, 0.4) is 0 Å². The Balaban J connectivity index is 3.10. The molecule has 0 aliphatic rings. The van der Waals surface area contributed by atoms with Crippen LogP contribution in [0.2, 0.25) is 5.02 Å². The Morgan fingerprint density at radius 2 is 2.25 bits per heavy atom. The van der Waals surface area contributed by atoms with Crippen LogP contribution in [0, 0.1) is 0 Å². The van der Waals surface area contributed by atoms with E-state index in [0.29, 0.717) is 10.6 Å². The number of halogens is 1. The van der Waals surface area contributed by atoms with Gasteiger partial charge in [-0.3, -0.25) is 0 Å². The van der Waals surface area contributed by atoms with E-state index in [-0.39, 0.29) is 11.5 Å². The molecular weight excluding hydrogens is 290 g/mol. The molecule has 0 aliphatic carbocycles. The Morgan fingerprint density at radius 3 is 2.80 bits per heavy atom. The van der Waals surface area contributed by atoms with Gasteiger partial charge in [0.1, 0.15) is 0 Å². The molecule has 4 N–H and O–H groups in total. The summed E-state index contributed by atoms with van der Waals surface area (Å²) >= 11 is 5.88. The van der Waals surface area contributed by atoms with Crippen LogP contribution in [0.4, 0.5) is 4.79 Å². The lowest BCUT2D eigenvalue weighted by Crippen LogP contribution is -2.24. The van der Waals surface area contributed by atoms with E-state index >= 15 is 0 Å². The Kier molecular flexibility index (Phi) is 5.60. The van der Waals surface area contributed by atoms with Crippen molar-refractivity contribution in [2.75, 3.05) is 13.7 Å². The van der Waals surface area contributed by atoms with Gasteiger partial charge in [0, 0.05) is 16.7 Å². The number of benzene rings is 1. The molecule has 1 aromatic rings. The lowest BCUT2D eigenvalue weighted by Gasteiger charge is -2.12. The molecule has 8 nitrogen and oxygen atoms in total. The number of amides is 2. The second-order valence-electron chi connectivity index (χ2n) is 3.44. The largest absolute Gasteiger partial charge is 0.493 e. The summed E-state index contributed by atoms with van der Waals surface area (Å²) in [5.74, 6) is -0.784. The number of methoxy groups -OCH3 is 1. The summed E-state index contributed by atoms with van der Waals surface area (Å²) in [6.45, 7) is -0.567. The number of carboxylic acid groups (broad SMARTS) is 1. The standard InChI is InChI=1S/C11H12ClN3O5/c1-19-8-3-7(12)2-6(4-14-15-11(13)18)10(8)20-5-9(16)17/h2-4H,5H2,1H3,(H,16,17)(H3,13,15,18). The first-order valence-corrected chi connectivity index (χ1v) is 5.62. The van der Waals surface area contributed by atoms with Crippen LogP contribution in [0.1, 0.15) is 5.56 Å². The smallest absolute Gasteiger partial charge is 0.341 e. The van der Waals surface area contributed by atoms with Crippen molar-refractivity contribution >= 4 is 29.8 Å². The van der Waals surface area contributed by atoms with Crippen molar-refractivity contribution in [2.24, 2.45) is 10.8 Å². The number of ether oxygens (including phenoxy) is 2.